The summed E-state index contributed by atoms with van der Waals surface area (Å²) in [7, 11) is 0. The van der Waals surface area contributed by atoms with Gasteiger partial charge in [-0.1, -0.05) is 20.8 Å². The van der Waals surface area contributed by atoms with Gasteiger partial charge in [0.2, 0.25) is 0 Å². The summed E-state index contributed by atoms with van der Waals surface area (Å²) in [6, 6.07) is 1.29. The zero-order chi connectivity index (χ0) is 15.2. The van der Waals surface area contributed by atoms with Crippen LogP contribution in [0.5, 0.6) is 0 Å². The maximum absolute atomic E-state index is 4.76. The Kier molecular flexibility index (Phi) is 4.15. The van der Waals surface area contributed by atoms with Gasteiger partial charge in [-0.05, 0) is 38.0 Å². The van der Waals surface area contributed by atoms with Crippen molar-refractivity contribution in [2.75, 3.05) is 13.1 Å². The van der Waals surface area contributed by atoms with Gasteiger partial charge in [-0.15, -0.1) is 11.3 Å². The summed E-state index contributed by atoms with van der Waals surface area (Å²) < 4.78 is 0. The number of piperazine rings is 1. The first-order valence-electron chi connectivity index (χ1n) is 8.25. The van der Waals surface area contributed by atoms with Crippen LogP contribution in [0.15, 0.2) is 0 Å². The third-order valence-corrected chi connectivity index (χ3v) is 6.14. The lowest BCUT2D eigenvalue weighted by atomic mass is 9.84. The topological polar surface area (TPSA) is 28.2 Å². The van der Waals surface area contributed by atoms with Crippen molar-refractivity contribution in [2.45, 2.75) is 66.1 Å². The van der Waals surface area contributed by atoms with Crippen LogP contribution in [0.25, 0.3) is 0 Å². The van der Waals surface area contributed by atoms with E-state index in [9.17, 15) is 0 Å². The van der Waals surface area contributed by atoms with Gasteiger partial charge in [0.25, 0.3) is 0 Å². The highest BCUT2D eigenvalue weighted by molar-refractivity contribution is 7.11. The minimum atomic E-state index is 0.321. The van der Waals surface area contributed by atoms with Crippen molar-refractivity contribution in [1.82, 2.24) is 15.2 Å². The van der Waals surface area contributed by atoms with Crippen LogP contribution >= 0.6 is 11.3 Å². The molecule has 118 valence electrons. The maximum atomic E-state index is 4.76. The fourth-order valence-electron chi connectivity index (χ4n) is 3.31. The van der Waals surface area contributed by atoms with E-state index in [-0.39, 0.29) is 0 Å². The van der Waals surface area contributed by atoms with Gasteiger partial charge in [0.05, 0.1) is 12.2 Å². The van der Waals surface area contributed by atoms with Crippen LogP contribution in [-0.4, -0.2) is 35.1 Å². The molecule has 0 aromatic carbocycles. The standard InChI is InChI=1S/C17H29N3S/c1-11-12(2)21-16(19-11)10-20-9-15(17(3,4)5)18-8-14(20)13-6-7-13/h13-15,18H,6-10H2,1-5H3. The van der Waals surface area contributed by atoms with E-state index < -0.39 is 0 Å². The largest absolute Gasteiger partial charge is 0.311 e. The van der Waals surface area contributed by atoms with Crippen LogP contribution < -0.4 is 5.32 Å². The van der Waals surface area contributed by atoms with Crippen molar-refractivity contribution in [1.29, 1.82) is 0 Å². The molecular weight excluding hydrogens is 278 g/mol. The first-order chi connectivity index (χ1) is 9.84. The Labute approximate surface area is 133 Å². The molecule has 1 aromatic heterocycles. The number of hydrogen-bond acceptors (Lipinski definition) is 4. The van der Waals surface area contributed by atoms with Gasteiger partial charge in [-0.3, -0.25) is 4.90 Å². The second-order valence-corrected chi connectivity index (χ2v) is 9.20. The van der Waals surface area contributed by atoms with E-state index in [0.717, 1.165) is 25.6 Å². The van der Waals surface area contributed by atoms with Gasteiger partial charge >= 0.3 is 0 Å². The monoisotopic (exact) mass is 307 g/mol. The van der Waals surface area contributed by atoms with Crippen LogP contribution in [0.1, 0.15) is 49.2 Å². The molecule has 0 radical (unpaired) electrons. The van der Waals surface area contributed by atoms with Crippen molar-refractivity contribution in [3.05, 3.63) is 15.6 Å². The Bertz CT molecular complexity index is 479. The minimum Gasteiger partial charge on any atom is -0.311 e. The highest BCUT2D eigenvalue weighted by atomic mass is 32.1. The molecule has 0 spiro atoms. The van der Waals surface area contributed by atoms with Gasteiger partial charge in [0, 0.05) is 30.1 Å². The molecule has 1 aliphatic heterocycles. The molecule has 1 saturated heterocycles. The van der Waals surface area contributed by atoms with Gasteiger partial charge in [0.1, 0.15) is 5.01 Å². The fraction of sp³-hybridized carbons (Fsp3) is 0.824. The second kappa shape index (κ2) is 5.64. The average Bonchev–Trinajstić information content (AvgIpc) is 3.17. The lowest BCUT2D eigenvalue weighted by Gasteiger charge is -2.45. The van der Waals surface area contributed by atoms with Crippen LogP contribution in [-0.2, 0) is 6.54 Å². The van der Waals surface area contributed by atoms with E-state index in [0.29, 0.717) is 17.5 Å². The zero-order valence-electron chi connectivity index (χ0n) is 14.1. The molecule has 3 rings (SSSR count). The van der Waals surface area contributed by atoms with Crippen molar-refractivity contribution in [3.63, 3.8) is 0 Å². The van der Waals surface area contributed by atoms with Crippen LogP contribution in [0, 0.1) is 25.2 Å². The summed E-state index contributed by atoms with van der Waals surface area (Å²) >= 11 is 1.88. The van der Waals surface area contributed by atoms with Crippen molar-refractivity contribution < 1.29 is 0 Å². The van der Waals surface area contributed by atoms with E-state index in [1.807, 2.05) is 11.3 Å². The van der Waals surface area contributed by atoms with Crippen LogP contribution in [0.4, 0.5) is 0 Å². The quantitative estimate of drug-likeness (QED) is 0.928. The zero-order valence-corrected chi connectivity index (χ0v) is 14.9. The molecule has 2 atom stereocenters. The molecule has 2 aliphatic rings. The average molecular weight is 308 g/mol. The number of thiazole rings is 1. The minimum absolute atomic E-state index is 0.321. The Morgan fingerprint density at radius 1 is 1.29 bits per heavy atom. The summed E-state index contributed by atoms with van der Waals surface area (Å²) in [5, 5.41) is 5.10. The summed E-state index contributed by atoms with van der Waals surface area (Å²) in [6.45, 7) is 14.7. The van der Waals surface area contributed by atoms with Crippen molar-refractivity contribution in [2.24, 2.45) is 11.3 Å². The number of nitrogens with one attached hydrogen (secondary N) is 1. The summed E-state index contributed by atoms with van der Waals surface area (Å²) in [5.41, 5.74) is 1.53. The highest BCUT2D eigenvalue weighted by Crippen LogP contribution is 2.38. The van der Waals surface area contributed by atoms with E-state index >= 15 is 0 Å². The first kappa shape index (κ1) is 15.4. The molecule has 4 heteroatoms. The molecule has 3 nitrogen and oxygen atoms in total. The molecule has 1 N–H and O–H groups in total. The number of aryl methyl sites for hydroxylation is 2. The summed E-state index contributed by atoms with van der Waals surface area (Å²) in [6.07, 6.45) is 2.83. The van der Waals surface area contributed by atoms with Gasteiger partial charge in [0.15, 0.2) is 0 Å². The molecule has 21 heavy (non-hydrogen) atoms. The molecule has 1 aromatic rings. The molecule has 2 unspecified atom stereocenters. The molecule has 2 heterocycles. The second-order valence-electron chi connectivity index (χ2n) is 7.91. The number of nitrogens with zero attached hydrogens (tertiary/aromatic N) is 2. The van der Waals surface area contributed by atoms with E-state index in [1.165, 1.54) is 28.4 Å². The number of rotatable bonds is 3. The third-order valence-electron chi connectivity index (χ3n) is 5.08. The summed E-state index contributed by atoms with van der Waals surface area (Å²) in [5.74, 6) is 0.917. The smallest absolute Gasteiger partial charge is 0.107 e. The molecule has 1 aliphatic carbocycles. The molecule has 1 saturated carbocycles. The van der Waals surface area contributed by atoms with Gasteiger partial charge in [-0.2, -0.15) is 0 Å². The molecular formula is C17H29N3S. The number of hydrogen-bond donors (Lipinski definition) is 1. The normalized spacial score (nSPS) is 28.0. The van der Waals surface area contributed by atoms with Gasteiger partial charge < -0.3 is 5.32 Å². The van der Waals surface area contributed by atoms with E-state index in [2.05, 4.69) is 44.8 Å². The Morgan fingerprint density at radius 3 is 2.52 bits per heavy atom. The lowest BCUT2D eigenvalue weighted by molar-refractivity contribution is 0.0688. The van der Waals surface area contributed by atoms with Crippen LogP contribution in [0.3, 0.4) is 0 Å². The predicted octanol–water partition coefficient (Wildman–Crippen LogP) is 3.36. The Hall–Kier alpha value is -0.450. The Balaban J connectivity index is 1.74. The fourth-order valence-corrected chi connectivity index (χ4v) is 4.27. The predicted molar refractivity (Wildman–Crippen MR) is 89.8 cm³/mol. The van der Waals surface area contributed by atoms with E-state index in [1.54, 1.807) is 0 Å². The SMILES string of the molecule is Cc1nc(CN2CC(C(C)(C)C)NCC2C2CC2)sc1C. The van der Waals surface area contributed by atoms with Crippen molar-refractivity contribution in [3.8, 4) is 0 Å². The lowest BCUT2D eigenvalue weighted by Crippen LogP contribution is -2.60. The van der Waals surface area contributed by atoms with Crippen molar-refractivity contribution >= 4 is 11.3 Å². The third kappa shape index (κ3) is 3.49. The summed E-state index contributed by atoms with van der Waals surface area (Å²) in [4.78, 5) is 8.84. The molecule has 0 bridgehead atoms. The Morgan fingerprint density at radius 2 is 2.00 bits per heavy atom. The van der Waals surface area contributed by atoms with Gasteiger partial charge in [-0.25, -0.2) is 4.98 Å². The molecule has 0 amide bonds. The number of aromatic nitrogens is 1. The highest BCUT2D eigenvalue weighted by Gasteiger charge is 2.41. The first-order valence-corrected chi connectivity index (χ1v) is 9.06. The van der Waals surface area contributed by atoms with Crippen LogP contribution in [0.2, 0.25) is 0 Å². The molecule has 2 fully saturated rings. The maximum Gasteiger partial charge on any atom is 0.107 e. The van der Waals surface area contributed by atoms with E-state index in [4.69, 9.17) is 4.98 Å².